The first kappa shape index (κ1) is 14.7. The van der Waals surface area contributed by atoms with Gasteiger partial charge in [0.25, 0.3) is 0 Å². The Hall–Kier alpha value is -1.39. The van der Waals surface area contributed by atoms with Gasteiger partial charge in [-0.05, 0) is 37.6 Å². The summed E-state index contributed by atoms with van der Waals surface area (Å²) in [6.45, 7) is 2.00. The number of ketones is 1. The van der Waals surface area contributed by atoms with E-state index in [0.717, 1.165) is 0 Å². The van der Waals surface area contributed by atoms with Gasteiger partial charge >= 0.3 is 5.97 Å². The molecule has 4 nitrogen and oxygen atoms in total. The third-order valence-corrected chi connectivity index (χ3v) is 2.69. The minimum Gasteiger partial charge on any atom is -0.465 e. The fourth-order valence-corrected chi connectivity index (χ4v) is 1.56. The minimum absolute atomic E-state index is 0.0635. The zero-order valence-corrected chi connectivity index (χ0v) is 10.9. The average molecular weight is 270 g/mol. The summed E-state index contributed by atoms with van der Waals surface area (Å²) in [5.41, 5.74) is 6.17. The number of hydrogen-bond donors (Lipinski definition) is 1. The number of hydrogen-bond acceptors (Lipinski definition) is 4. The van der Waals surface area contributed by atoms with Gasteiger partial charge in [0.15, 0.2) is 5.78 Å². The second-order valence-corrected chi connectivity index (χ2v) is 4.26. The molecular formula is C13H16ClNO3. The van der Waals surface area contributed by atoms with Gasteiger partial charge in [-0.3, -0.25) is 9.59 Å². The monoisotopic (exact) mass is 269 g/mol. The van der Waals surface area contributed by atoms with E-state index in [0.29, 0.717) is 10.6 Å². The molecule has 0 amide bonds. The molecule has 1 aromatic carbocycles. The van der Waals surface area contributed by atoms with Gasteiger partial charge in [-0.25, -0.2) is 0 Å². The van der Waals surface area contributed by atoms with Crippen LogP contribution in [0.5, 0.6) is 0 Å². The van der Waals surface area contributed by atoms with Crippen LogP contribution in [-0.4, -0.2) is 24.4 Å². The van der Waals surface area contributed by atoms with Gasteiger partial charge < -0.3 is 10.5 Å². The Morgan fingerprint density at radius 2 is 1.94 bits per heavy atom. The third-order valence-electron chi connectivity index (χ3n) is 2.44. The van der Waals surface area contributed by atoms with Gasteiger partial charge in [0.2, 0.25) is 0 Å². The Kier molecular flexibility index (Phi) is 5.82. The van der Waals surface area contributed by atoms with E-state index in [1.807, 2.05) is 0 Å². The van der Waals surface area contributed by atoms with E-state index >= 15 is 0 Å². The molecule has 0 aliphatic carbocycles. The highest BCUT2D eigenvalue weighted by Crippen LogP contribution is 2.12. The lowest BCUT2D eigenvalue weighted by atomic mass is 10.0. The highest BCUT2D eigenvalue weighted by molar-refractivity contribution is 6.30. The molecule has 2 N–H and O–H groups in total. The van der Waals surface area contributed by atoms with Gasteiger partial charge in [0.1, 0.15) is 6.04 Å². The number of ether oxygens (including phenoxy) is 1. The van der Waals surface area contributed by atoms with Crippen molar-refractivity contribution in [3.8, 4) is 0 Å². The summed E-state index contributed by atoms with van der Waals surface area (Å²) in [6, 6.07) is 5.86. The molecule has 0 aliphatic rings. The second kappa shape index (κ2) is 7.13. The van der Waals surface area contributed by atoms with Crippen LogP contribution in [0.4, 0.5) is 0 Å². The topological polar surface area (TPSA) is 69.4 Å². The number of esters is 1. The fourth-order valence-electron chi connectivity index (χ4n) is 1.43. The maximum Gasteiger partial charge on any atom is 0.322 e. The highest BCUT2D eigenvalue weighted by atomic mass is 35.5. The lowest BCUT2D eigenvalue weighted by Crippen LogP contribution is -2.32. The van der Waals surface area contributed by atoms with Gasteiger partial charge in [-0.2, -0.15) is 0 Å². The zero-order valence-electron chi connectivity index (χ0n) is 10.2. The lowest BCUT2D eigenvalue weighted by Gasteiger charge is -2.09. The number of carbonyl (C=O) groups is 2. The molecule has 0 radical (unpaired) electrons. The van der Waals surface area contributed by atoms with Crippen molar-refractivity contribution >= 4 is 23.4 Å². The summed E-state index contributed by atoms with van der Waals surface area (Å²) >= 11 is 5.73. The molecule has 1 atom stereocenters. The maximum absolute atomic E-state index is 11.8. The van der Waals surface area contributed by atoms with Crippen LogP contribution in [0.3, 0.4) is 0 Å². The Bertz CT molecular complexity index is 417. The molecule has 0 aromatic heterocycles. The van der Waals surface area contributed by atoms with Crippen molar-refractivity contribution in [1.82, 2.24) is 0 Å². The van der Waals surface area contributed by atoms with Gasteiger partial charge in [-0.15, -0.1) is 0 Å². The predicted molar refractivity (Wildman–Crippen MR) is 69.6 cm³/mol. The van der Waals surface area contributed by atoms with E-state index in [2.05, 4.69) is 0 Å². The normalized spacial score (nSPS) is 11.9. The van der Waals surface area contributed by atoms with Crippen LogP contribution in [-0.2, 0) is 9.53 Å². The molecule has 0 saturated carbocycles. The highest BCUT2D eigenvalue weighted by Gasteiger charge is 2.16. The third kappa shape index (κ3) is 4.47. The number of halogens is 1. The number of nitrogens with two attached hydrogens (primary N) is 1. The molecule has 5 heteroatoms. The second-order valence-electron chi connectivity index (χ2n) is 3.83. The van der Waals surface area contributed by atoms with E-state index < -0.39 is 12.0 Å². The minimum atomic E-state index is -0.749. The average Bonchev–Trinajstić information content (AvgIpc) is 2.36. The Morgan fingerprint density at radius 3 is 2.50 bits per heavy atom. The molecule has 18 heavy (non-hydrogen) atoms. The van der Waals surface area contributed by atoms with Crippen LogP contribution < -0.4 is 5.73 Å². The Labute approximate surface area is 111 Å². The summed E-state index contributed by atoms with van der Waals surface area (Å²) in [7, 11) is 0. The maximum atomic E-state index is 11.8. The summed E-state index contributed by atoms with van der Waals surface area (Å²) < 4.78 is 4.76. The van der Waals surface area contributed by atoms with Gasteiger partial charge in [-0.1, -0.05) is 11.6 Å². The molecule has 0 fully saturated rings. The standard InChI is InChI=1S/C13H16ClNO3/c1-2-18-13(17)11(15)7-8-12(16)9-3-5-10(14)6-4-9/h3-6,11H,2,7-8,15H2,1H3. The van der Waals surface area contributed by atoms with Gasteiger partial charge in [0.05, 0.1) is 6.61 Å². The molecule has 0 bridgehead atoms. The molecule has 0 spiro atoms. The van der Waals surface area contributed by atoms with E-state index in [1.54, 1.807) is 31.2 Å². The van der Waals surface area contributed by atoms with Crippen LogP contribution in [0.25, 0.3) is 0 Å². The van der Waals surface area contributed by atoms with Crippen molar-refractivity contribution in [2.24, 2.45) is 5.73 Å². The number of rotatable bonds is 6. The molecular weight excluding hydrogens is 254 g/mol. The van der Waals surface area contributed by atoms with Crippen LogP contribution in [0, 0.1) is 0 Å². The first-order valence-corrected chi connectivity index (χ1v) is 6.13. The summed E-state index contributed by atoms with van der Waals surface area (Å²) in [6.07, 6.45) is 0.488. The number of carbonyl (C=O) groups excluding carboxylic acids is 2. The number of benzene rings is 1. The predicted octanol–water partition coefficient (Wildman–Crippen LogP) is 2.19. The van der Waals surface area contributed by atoms with E-state index in [9.17, 15) is 9.59 Å². The van der Waals surface area contributed by atoms with Crippen LogP contribution in [0.1, 0.15) is 30.1 Å². The van der Waals surface area contributed by atoms with Crippen molar-refractivity contribution in [2.75, 3.05) is 6.61 Å². The molecule has 98 valence electrons. The molecule has 1 rings (SSSR count). The van der Waals surface area contributed by atoms with Gasteiger partial charge in [0, 0.05) is 17.0 Å². The van der Waals surface area contributed by atoms with Crippen molar-refractivity contribution in [3.05, 3.63) is 34.9 Å². The smallest absolute Gasteiger partial charge is 0.322 e. The SMILES string of the molecule is CCOC(=O)C(N)CCC(=O)c1ccc(Cl)cc1. The van der Waals surface area contributed by atoms with Crippen LogP contribution in [0.15, 0.2) is 24.3 Å². The zero-order chi connectivity index (χ0) is 13.5. The fraction of sp³-hybridized carbons (Fsp3) is 0.385. The first-order chi connectivity index (χ1) is 8.54. The van der Waals surface area contributed by atoms with Crippen LogP contribution in [0.2, 0.25) is 5.02 Å². The van der Waals surface area contributed by atoms with Crippen molar-refractivity contribution in [1.29, 1.82) is 0 Å². The molecule has 1 aromatic rings. The van der Waals surface area contributed by atoms with Crippen molar-refractivity contribution in [2.45, 2.75) is 25.8 Å². The summed E-state index contributed by atoms with van der Waals surface area (Å²) in [4.78, 5) is 23.1. The molecule has 0 heterocycles. The largest absolute Gasteiger partial charge is 0.465 e. The molecule has 0 saturated heterocycles. The lowest BCUT2D eigenvalue weighted by molar-refractivity contribution is -0.144. The summed E-state index contributed by atoms with van der Waals surface area (Å²) in [5, 5.41) is 0.578. The Morgan fingerprint density at radius 1 is 1.33 bits per heavy atom. The van der Waals surface area contributed by atoms with E-state index in [-0.39, 0.29) is 25.2 Å². The first-order valence-electron chi connectivity index (χ1n) is 5.75. The molecule has 0 aliphatic heterocycles. The number of Topliss-reactive ketones (excluding diaryl/α,β-unsaturated/α-hetero) is 1. The Balaban J connectivity index is 2.46. The molecule has 1 unspecified atom stereocenters. The van der Waals surface area contributed by atoms with E-state index in [1.165, 1.54) is 0 Å². The quantitative estimate of drug-likeness (QED) is 0.635. The van der Waals surface area contributed by atoms with Crippen molar-refractivity contribution < 1.29 is 14.3 Å². The van der Waals surface area contributed by atoms with Crippen molar-refractivity contribution in [3.63, 3.8) is 0 Å². The van der Waals surface area contributed by atoms with E-state index in [4.69, 9.17) is 22.1 Å². The summed E-state index contributed by atoms with van der Waals surface area (Å²) in [5.74, 6) is -0.534. The van der Waals surface area contributed by atoms with Crippen LogP contribution >= 0.6 is 11.6 Å².